The van der Waals surface area contributed by atoms with Gasteiger partial charge in [-0.3, -0.25) is 10.3 Å². The topological polar surface area (TPSA) is 40.2 Å². The van der Waals surface area contributed by atoms with Crippen molar-refractivity contribution in [2.75, 3.05) is 0 Å². The SMILES string of the molecule is Cc1ccc(C2CC(c3ccccn3)NC3C(Br)=C(c4ccccc4)NN32)c(C)c1. The molecule has 0 amide bonds. The summed E-state index contributed by atoms with van der Waals surface area (Å²) in [5.74, 6) is 0. The van der Waals surface area contributed by atoms with Gasteiger partial charge in [0.15, 0.2) is 0 Å². The van der Waals surface area contributed by atoms with Gasteiger partial charge < -0.3 is 5.43 Å². The van der Waals surface area contributed by atoms with Crippen molar-refractivity contribution in [2.45, 2.75) is 38.5 Å². The lowest BCUT2D eigenvalue weighted by Gasteiger charge is -2.43. The summed E-state index contributed by atoms with van der Waals surface area (Å²) in [6.45, 7) is 4.37. The molecule has 2 N–H and O–H groups in total. The van der Waals surface area contributed by atoms with E-state index in [2.05, 4.69) is 105 Å². The quantitative estimate of drug-likeness (QED) is 0.549. The lowest BCUT2D eigenvalue weighted by Crippen LogP contribution is -2.55. The maximum absolute atomic E-state index is 4.65. The van der Waals surface area contributed by atoms with Gasteiger partial charge in [-0.25, -0.2) is 0 Å². The highest BCUT2D eigenvalue weighted by atomic mass is 79.9. The second kappa shape index (κ2) is 7.99. The Bertz CT molecular complexity index is 1080. The molecule has 0 spiro atoms. The predicted octanol–water partition coefficient (Wildman–Crippen LogP) is 5.38. The molecule has 0 aliphatic carbocycles. The molecular formula is C25H25BrN4. The first-order valence-electron chi connectivity index (χ1n) is 10.4. The average Bonchev–Trinajstić information content (AvgIpc) is 3.11. The molecule has 0 bridgehead atoms. The van der Waals surface area contributed by atoms with Crippen LogP contribution in [-0.4, -0.2) is 16.2 Å². The van der Waals surface area contributed by atoms with E-state index in [-0.39, 0.29) is 18.2 Å². The van der Waals surface area contributed by atoms with Crippen LogP contribution >= 0.6 is 15.9 Å². The molecule has 5 rings (SSSR count). The summed E-state index contributed by atoms with van der Waals surface area (Å²) in [6.07, 6.45) is 2.85. The van der Waals surface area contributed by atoms with Crippen molar-refractivity contribution in [1.29, 1.82) is 0 Å². The zero-order valence-corrected chi connectivity index (χ0v) is 18.7. The van der Waals surface area contributed by atoms with Gasteiger partial charge in [0.05, 0.1) is 28.0 Å². The van der Waals surface area contributed by atoms with Crippen LogP contribution in [0.3, 0.4) is 0 Å². The summed E-state index contributed by atoms with van der Waals surface area (Å²) >= 11 is 3.91. The largest absolute Gasteiger partial charge is 0.315 e. The molecule has 0 saturated carbocycles. The van der Waals surface area contributed by atoms with Crippen LogP contribution in [0.4, 0.5) is 0 Å². The number of nitrogens with zero attached hydrogens (tertiary/aromatic N) is 2. The summed E-state index contributed by atoms with van der Waals surface area (Å²) in [4.78, 5) is 4.65. The van der Waals surface area contributed by atoms with E-state index in [1.165, 1.54) is 22.3 Å². The number of aryl methyl sites for hydroxylation is 2. The molecule has 2 aliphatic rings. The van der Waals surface area contributed by atoms with E-state index in [4.69, 9.17) is 0 Å². The molecule has 3 aromatic rings. The van der Waals surface area contributed by atoms with Crippen LogP contribution in [0.2, 0.25) is 0 Å². The molecule has 1 aromatic heterocycles. The Balaban J connectivity index is 1.57. The normalized spacial score (nSPS) is 23.9. The van der Waals surface area contributed by atoms with E-state index >= 15 is 0 Å². The average molecular weight is 461 g/mol. The van der Waals surface area contributed by atoms with Crippen molar-refractivity contribution in [3.05, 3.63) is 105 Å². The van der Waals surface area contributed by atoms with Crippen LogP contribution in [0, 0.1) is 13.8 Å². The number of hydrazine groups is 1. The van der Waals surface area contributed by atoms with Gasteiger partial charge >= 0.3 is 0 Å². The van der Waals surface area contributed by atoms with E-state index in [9.17, 15) is 0 Å². The molecule has 3 unspecified atom stereocenters. The summed E-state index contributed by atoms with van der Waals surface area (Å²) in [7, 11) is 0. The molecule has 1 saturated heterocycles. The highest BCUT2D eigenvalue weighted by molar-refractivity contribution is 9.11. The number of benzene rings is 2. The Hall–Kier alpha value is -2.47. The Morgan fingerprint density at radius 3 is 2.53 bits per heavy atom. The highest BCUT2D eigenvalue weighted by Gasteiger charge is 2.43. The molecule has 4 nitrogen and oxygen atoms in total. The Kier molecular flexibility index (Phi) is 5.19. The van der Waals surface area contributed by atoms with Crippen LogP contribution < -0.4 is 10.7 Å². The van der Waals surface area contributed by atoms with Gasteiger partial charge in [0, 0.05) is 6.20 Å². The van der Waals surface area contributed by atoms with Crippen molar-refractivity contribution in [2.24, 2.45) is 0 Å². The van der Waals surface area contributed by atoms with Gasteiger partial charge in [0.2, 0.25) is 0 Å². The predicted molar refractivity (Wildman–Crippen MR) is 124 cm³/mol. The third-order valence-electron chi connectivity index (χ3n) is 6.04. The number of aromatic nitrogens is 1. The minimum absolute atomic E-state index is 0.0339. The maximum atomic E-state index is 4.65. The van der Waals surface area contributed by atoms with E-state index in [0.717, 1.165) is 22.3 Å². The molecule has 5 heteroatoms. The van der Waals surface area contributed by atoms with Crippen LogP contribution in [-0.2, 0) is 0 Å². The Morgan fingerprint density at radius 1 is 1.00 bits per heavy atom. The standard InChI is InChI=1S/C25H25BrN4/c1-16-11-12-19(17(2)14-16)22-15-21(20-10-6-7-13-27-20)28-25-23(26)24(29-30(22)25)18-8-4-3-5-9-18/h3-14,21-22,25,28-29H,15H2,1-2H3. The van der Waals surface area contributed by atoms with E-state index in [1.54, 1.807) is 0 Å². The van der Waals surface area contributed by atoms with Crippen molar-refractivity contribution in [3.8, 4) is 0 Å². The minimum atomic E-state index is 0.0339. The summed E-state index contributed by atoms with van der Waals surface area (Å²) in [5.41, 5.74) is 11.1. The molecule has 3 atom stereocenters. The minimum Gasteiger partial charge on any atom is -0.315 e. The van der Waals surface area contributed by atoms with Crippen molar-refractivity contribution in [3.63, 3.8) is 0 Å². The lowest BCUT2D eigenvalue weighted by atomic mass is 9.90. The van der Waals surface area contributed by atoms with Crippen LogP contribution in [0.1, 0.15) is 46.5 Å². The second-order valence-electron chi connectivity index (χ2n) is 8.10. The van der Waals surface area contributed by atoms with Crippen molar-refractivity contribution >= 4 is 21.6 Å². The van der Waals surface area contributed by atoms with Crippen LogP contribution in [0.5, 0.6) is 0 Å². The maximum Gasteiger partial charge on any atom is 0.114 e. The van der Waals surface area contributed by atoms with E-state index in [0.29, 0.717) is 0 Å². The smallest absolute Gasteiger partial charge is 0.114 e. The molecule has 2 aliphatic heterocycles. The molecular weight excluding hydrogens is 436 g/mol. The molecule has 1 fully saturated rings. The molecule has 152 valence electrons. The van der Waals surface area contributed by atoms with E-state index < -0.39 is 0 Å². The van der Waals surface area contributed by atoms with Gasteiger partial charge in [0.1, 0.15) is 6.17 Å². The number of hydrogen-bond acceptors (Lipinski definition) is 4. The van der Waals surface area contributed by atoms with Crippen LogP contribution in [0.15, 0.2) is 77.4 Å². The number of fused-ring (bicyclic) bond motifs is 1. The van der Waals surface area contributed by atoms with Gasteiger partial charge in [-0.2, -0.15) is 5.01 Å². The fourth-order valence-corrected chi connectivity index (χ4v) is 5.25. The van der Waals surface area contributed by atoms with Gasteiger partial charge in [0.25, 0.3) is 0 Å². The Morgan fingerprint density at radius 2 is 1.80 bits per heavy atom. The van der Waals surface area contributed by atoms with E-state index in [1.807, 2.05) is 18.3 Å². The van der Waals surface area contributed by atoms with Gasteiger partial charge in [-0.15, -0.1) is 0 Å². The highest BCUT2D eigenvalue weighted by Crippen LogP contribution is 2.44. The number of rotatable bonds is 3. The number of halogens is 1. The molecule has 30 heavy (non-hydrogen) atoms. The summed E-state index contributed by atoms with van der Waals surface area (Å²) in [5, 5.41) is 6.16. The summed E-state index contributed by atoms with van der Waals surface area (Å²) in [6, 6.07) is 23.8. The van der Waals surface area contributed by atoms with Crippen molar-refractivity contribution < 1.29 is 0 Å². The lowest BCUT2D eigenvalue weighted by molar-refractivity contribution is 0.0503. The first-order valence-corrected chi connectivity index (χ1v) is 11.2. The van der Waals surface area contributed by atoms with Crippen LogP contribution in [0.25, 0.3) is 5.70 Å². The number of hydrogen-bond donors (Lipinski definition) is 2. The zero-order valence-electron chi connectivity index (χ0n) is 17.1. The third-order valence-corrected chi connectivity index (χ3v) is 6.87. The van der Waals surface area contributed by atoms with Gasteiger partial charge in [-0.05, 0) is 49.1 Å². The third kappa shape index (κ3) is 3.47. The zero-order chi connectivity index (χ0) is 20.7. The summed E-state index contributed by atoms with van der Waals surface area (Å²) < 4.78 is 1.13. The Labute approximate surface area is 186 Å². The van der Waals surface area contributed by atoms with Gasteiger partial charge in [-0.1, -0.05) is 76.1 Å². The number of pyridine rings is 1. The molecule has 2 aromatic carbocycles. The molecule has 3 heterocycles. The first kappa shape index (κ1) is 19.5. The molecule has 0 radical (unpaired) electrons. The monoisotopic (exact) mass is 460 g/mol. The number of nitrogens with one attached hydrogen (secondary N) is 2. The fourth-order valence-electron chi connectivity index (χ4n) is 4.58. The fraction of sp³-hybridized carbons (Fsp3) is 0.240. The van der Waals surface area contributed by atoms with Crippen molar-refractivity contribution in [1.82, 2.24) is 20.7 Å². The second-order valence-corrected chi connectivity index (χ2v) is 8.95. The first-order chi connectivity index (χ1) is 14.6.